The number of nitrogens with zero attached hydrogens (tertiary/aromatic N) is 5. The average molecular weight is 380 g/mol. The standard InChI is InChI=1S/C15H21N7O3S/c16-4-8(17)2-1-3-26-5-9-11(23)12(24)15(25-9)22-7-21-10-13(18)19-6-20-14(10)22/h6-9,11-12,15,23-24H,1-3,5,17H2,(H2,18,19,20)/p+1. The van der Waals surface area contributed by atoms with Crippen molar-refractivity contribution >= 4 is 28.7 Å². The van der Waals surface area contributed by atoms with Crippen molar-refractivity contribution in [3.05, 3.63) is 12.7 Å². The highest BCUT2D eigenvalue weighted by molar-refractivity contribution is 7.99. The maximum Gasteiger partial charge on any atom is 0.171 e. The van der Waals surface area contributed by atoms with Gasteiger partial charge in [0.2, 0.25) is 0 Å². The molecular formula is C15H22N7O3S+. The van der Waals surface area contributed by atoms with Crippen LogP contribution in [0.2, 0.25) is 0 Å². The van der Waals surface area contributed by atoms with Crippen molar-refractivity contribution in [3.63, 3.8) is 0 Å². The maximum atomic E-state index is 10.4. The number of nitrogen functional groups attached to an aromatic ring is 1. The Labute approximate surface area is 154 Å². The van der Waals surface area contributed by atoms with Gasteiger partial charge in [-0.1, -0.05) is 0 Å². The van der Waals surface area contributed by atoms with Gasteiger partial charge in [0.25, 0.3) is 0 Å². The highest BCUT2D eigenvalue weighted by atomic mass is 32.2. The topological polar surface area (TPSA) is 171 Å². The Kier molecular flexibility index (Phi) is 5.90. The number of anilines is 1. The number of fused-ring (bicyclic) bond motifs is 1. The lowest BCUT2D eigenvalue weighted by Crippen LogP contribution is -2.59. The number of aliphatic hydroxyl groups is 2. The summed E-state index contributed by atoms with van der Waals surface area (Å²) in [5, 5.41) is 29.4. The van der Waals surface area contributed by atoms with E-state index in [2.05, 4.69) is 26.8 Å². The lowest BCUT2D eigenvalue weighted by molar-refractivity contribution is -0.401. The van der Waals surface area contributed by atoms with Crippen LogP contribution in [0, 0.1) is 11.3 Å². The van der Waals surface area contributed by atoms with Crippen LogP contribution in [0.4, 0.5) is 5.82 Å². The van der Waals surface area contributed by atoms with E-state index in [-0.39, 0.29) is 11.9 Å². The van der Waals surface area contributed by atoms with Crippen LogP contribution < -0.4 is 11.5 Å². The molecule has 0 amide bonds. The first kappa shape index (κ1) is 18.8. The molecule has 5 atom stereocenters. The molecule has 0 bridgehead atoms. The van der Waals surface area contributed by atoms with Crippen molar-refractivity contribution < 1.29 is 20.7 Å². The lowest BCUT2D eigenvalue weighted by Gasteiger charge is -2.16. The van der Waals surface area contributed by atoms with Crippen LogP contribution in [0.1, 0.15) is 19.1 Å². The van der Waals surface area contributed by atoms with Crippen molar-refractivity contribution in [2.45, 2.75) is 43.4 Å². The largest absolute Gasteiger partial charge is 0.387 e. The van der Waals surface area contributed by atoms with Crippen LogP contribution in [-0.2, 0) is 4.74 Å². The molecular weight excluding hydrogens is 358 g/mol. The first-order valence-corrected chi connectivity index (χ1v) is 9.43. The molecule has 3 heterocycles. The summed E-state index contributed by atoms with van der Waals surface area (Å²) in [6.45, 7) is 0. The molecule has 3 rings (SSSR count). The smallest absolute Gasteiger partial charge is 0.171 e. The van der Waals surface area contributed by atoms with Crippen molar-refractivity contribution in [3.8, 4) is 6.07 Å². The number of nitriles is 1. The van der Waals surface area contributed by atoms with E-state index in [4.69, 9.17) is 15.7 Å². The normalized spacial score (nSPS) is 26.8. The summed E-state index contributed by atoms with van der Waals surface area (Å²) in [5.74, 6) is 1.61. The van der Waals surface area contributed by atoms with E-state index in [0.717, 1.165) is 18.6 Å². The quantitative estimate of drug-likeness (QED) is 0.425. The van der Waals surface area contributed by atoms with Crippen LogP contribution >= 0.6 is 11.8 Å². The van der Waals surface area contributed by atoms with Gasteiger partial charge in [0.05, 0.1) is 12.4 Å². The van der Waals surface area contributed by atoms with Crippen molar-refractivity contribution in [1.82, 2.24) is 19.5 Å². The summed E-state index contributed by atoms with van der Waals surface area (Å²) in [5.41, 5.74) is 10.4. The van der Waals surface area contributed by atoms with Crippen molar-refractivity contribution in [2.75, 3.05) is 17.2 Å². The fraction of sp³-hybridized carbons (Fsp3) is 0.600. The van der Waals surface area contributed by atoms with E-state index in [0.29, 0.717) is 16.9 Å². The monoisotopic (exact) mass is 380 g/mol. The summed E-state index contributed by atoms with van der Waals surface area (Å²) in [6.07, 6.45) is 0.982. The summed E-state index contributed by atoms with van der Waals surface area (Å²) in [6, 6.07) is 1.91. The third kappa shape index (κ3) is 3.74. The highest BCUT2D eigenvalue weighted by Crippen LogP contribution is 2.33. The summed E-state index contributed by atoms with van der Waals surface area (Å²) < 4.78 is 7.43. The summed E-state index contributed by atoms with van der Waals surface area (Å²) in [4.78, 5) is 12.2. The molecule has 1 aliphatic rings. The molecule has 10 nitrogen and oxygen atoms in total. The van der Waals surface area contributed by atoms with Gasteiger partial charge in [0.1, 0.15) is 30.1 Å². The first-order chi connectivity index (χ1) is 12.5. The molecule has 0 spiro atoms. The Hall–Kier alpha value is -1.97. The van der Waals surface area contributed by atoms with Gasteiger partial charge >= 0.3 is 0 Å². The maximum absolute atomic E-state index is 10.4. The van der Waals surface area contributed by atoms with Gasteiger partial charge in [-0.15, -0.1) is 0 Å². The Morgan fingerprint density at radius 2 is 2.19 bits per heavy atom. The van der Waals surface area contributed by atoms with Gasteiger partial charge in [-0.05, 0) is 12.2 Å². The van der Waals surface area contributed by atoms with Gasteiger partial charge in [0, 0.05) is 12.2 Å². The molecule has 140 valence electrons. The zero-order valence-corrected chi connectivity index (χ0v) is 14.9. The molecule has 26 heavy (non-hydrogen) atoms. The molecule has 2 aromatic rings. The van der Waals surface area contributed by atoms with E-state index >= 15 is 0 Å². The summed E-state index contributed by atoms with van der Waals surface area (Å²) >= 11 is 1.61. The number of nitrogens with two attached hydrogens (primary N) is 1. The minimum Gasteiger partial charge on any atom is -0.387 e. The molecule has 5 unspecified atom stereocenters. The second-order valence-electron chi connectivity index (χ2n) is 6.17. The highest BCUT2D eigenvalue weighted by Gasteiger charge is 2.44. The van der Waals surface area contributed by atoms with Crippen molar-refractivity contribution in [1.29, 1.82) is 5.26 Å². The second kappa shape index (κ2) is 8.15. The van der Waals surface area contributed by atoms with Gasteiger partial charge in [-0.2, -0.15) is 17.0 Å². The van der Waals surface area contributed by atoms with Gasteiger partial charge in [0.15, 0.2) is 23.7 Å². The number of rotatable bonds is 7. The Bertz CT molecular complexity index is 795. The fourth-order valence-corrected chi connectivity index (χ4v) is 3.89. The number of thioether (sulfide) groups is 1. The third-order valence-corrected chi connectivity index (χ3v) is 5.45. The number of aromatic nitrogens is 4. The Balaban J connectivity index is 1.61. The van der Waals surface area contributed by atoms with Crippen LogP contribution in [0.5, 0.6) is 0 Å². The average Bonchev–Trinajstić information content (AvgIpc) is 3.18. The number of ether oxygens (including phenoxy) is 1. The summed E-state index contributed by atoms with van der Waals surface area (Å²) in [7, 11) is 0. The van der Waals surface area contributed by atoms with E-state index in [9.17, 15) is 10.2 Å². The molecule has 0 saturated carbocycles. The molecule has 11 heteroatoms. The van der Waals surface area contributed by atoms with Gasteiger partial charge in [-0.3, -0.25) is 4.57 Å². The molecule has 0 aliphatic carbocycles. The lowest BCUT2D eigenvalue weighted by atomic mass is 10.1. The van der Waals surface area contributed by atoms with E-state index in [1.807, 2.05) is 0 Å². The number of quaternary nitrogens is 1. The third-order valence-electron chi connectivity index (χ3n) is 4.30. The molecule has 0 radical (unpaired) electrons. The van der Waals surface area contributed by atoms with Gasteiger partial charge < -0.3 is 26.4 Å². The minimum absolute atomic E-state index is 0.195. The number of aliphatic hydroxyl groups excluding tert-OH is 2. The SMILES string of the molecule is N#CC([NH3+])CCCSCC1OC(n2cnc3c(N)ncnc32)C(O)C1O. The Morgan fingerprint density at radius 3 is 2.96 bits per heavy atom. The van der Waals surface area contributed by atoms with Crippen LogP contribution in [0.15, 0.2) is 12.7 Å². The molecule has 1 saturated heterocycles. The number of imidazole rings is 1. The predicted octanol–water partition coefficient (Wildman–Crippen LogP) is -1.32. The Morgan fingerprint density at radius 1 is 1.38 bits per heavy atom. The number of hydrogen-bond donors (Lipinski definition) is 4. The molecule has 2 aromatic heterocycles. The first-order valence-electron chi connectivity index (χ1n) is 8.28. The second-order valence-corrected chi connectivity index (χ2v) is 7.32. The van der Waals surface area contributed by atoms with Crippen LogP contribution in [-0.4, -0.2) is 65.6 Å². The predicted molar refractivity (Wildman–Crippen MR) is 94.5 cm³/mol. The minimum atomic E-state index is -1.10. The molecule has 1 aliphatic heterocycles. The molecule has 7 N–H and O–H groups in total. The van der Waals surface area contributed by atoms with E-state index < -0.39 is 24.5 Å². The van der Waals surface area contributed by atoms with E-state index in [1.54, 1.807) is 16.3 Å². The number of hydrogen-bond acceptors (Lipinski definition) is 9. The van der Waals surface area contributed by atoms with Gasteiger partial charge in [-0.25, -0.2) is 15.0 Å². The van der Waals surface area contributed by atoms with E-state index in [1.165, 1.54) is 12.7 Å². The molecule has 0 aromatic carbocycles. The zero-order chi connectivity index (χ0) is 18.7. The van der Waals surface area contributed by atoms with Crippen LogP contribution in [0.25, 0.3) is 11.2 Å². The zero-order valence-electron chi connectivity index (χ0n) is 14.1. The molecule has 1 fully saturated rings. The van der Waals surface area contributed by atoms with Crippen molar-refractivity contribution in [2.24, 2.45) is 0 Å². The van der Waals surface area contributed by atoms with Crippen LogP contribution in [0.3, 0.4) is 0 Å². The fourth-order valence-electron chi connectivity index (χ4n) is 2.85.